The van der Waals surface area contributed by atoms with Crippen LogP contribution >= 0.6 is 0 Å². The summed E-state index contributed by atoms with van der Waals surface area (Å²) in [5, 5.41) is 3.90. The number of carbonyl (C=O) groups excluding carboxylic acids is 1. The largest absolute Gasteiger partial charge is 0.272 e. The van der Waals surface area contributed by atoms with E-state index in [1.807, 2.05) is 13.0 Å². The van der Waals surface area contributed by atoms with Crippen LogP contribution in [0.25, 0.3) is 0 Å². The highest BCUT2D eigenvalue weighted by molar-refractivity contribution is 6.23. The first kappa shape index (κ1) is 13.9. The lowest BCUT2D eigenvalue weighted by molar-refractivity contribution is -0.116. The maximum atomic E-state index is 11.3. The number of hydrogen-bond acceptors (Lipinski definition) is 2. The van der Waals surface area contributed by atoms with Gasteiger partial charge in [0, 0.05) is 0 Å². The van der Waals surface area contributed by atoms with Crippen LogP contribution in [-0.2, 0) is 4.79 Å². The zero-order valence-corrected chi connectivity index (χ0v) is 11.1. The molecule has 0 fully saturated rings. The van der Waals surface area contributed by atoms with Crippen LogP contribution in [0.4, 0.5) is 0 Å². The van der Waals surface area contributed by atoms with Crippen molar-refractivity contribution in [3.8, 4) is 0 Å². The number of nitrogens with zero attached hydrogens (tertiary/aromatic N) is 1. The number of hydrazone groups is 1. The molecule has 96 valence electrons. The van der Waals surface area contributed by atoms with Crippen LogP contribution in [0.2, 0.25) is 0 Å². The molecule has 17 heavy (non-hydrogen) atoms. The Hall–Kier alpha value is -1.12. The van der Waals surface area contributed by atoms with Crippen LogP contribution < -0.4 is 5.43 Å². The van der Waals surface area contributed by atoms with Gasteiger partial charge in [0.25, 0.3) is 5.91 Å². The average Bonchev–Trinajstić information content (AvgIpc) is 2.63. The Labute approximate surface area is 104 Å². The Kier molecular flexibility index (Phi) is 6.60. The summed E-state index contributed by atoms with van der Waals surface area (Å²) in [7, 11) is 0. The number of hydrogen-bond donors (Lipinski definition) is 1. The van der Waals surface area contributed by atoms with E-state index in [1.54, 1.807) is 0 Å². The summed E-state index contributed by atoms with van der Waals surface area (Å²) in [5.74, 6) is -0.0505. The molecule has 0 aliphatic carbocycles. The van der Waals surface area contributed by atoms with Crippen molar-refractivity contribution in [2.75, 3.05) is 0 Å². The van der Waals surface area contributed by atoms with Crippen molar-refractivity contribution in [2.45, 2.75) is 65.2 Å². The third-order valence-corrected chi connectivity index (χ3v) is 3.12. The molecule has 0 aromatic heterocycles. The predicted molar refractivity (Wildman–Crippen MR) is 71.9 cm³/mol. The summed E-state index contributed by atoms with van der Waals surface area (Å²) in [6, 6.07) is 0. The fraction of sp³-hybridized carbons (Fsp3) is 0.714. The van der Waals surface area contributed by atoms with Gasteiger partial charge in [0.1, 0.15) is 0 Å². The zero-order valence-electron chi connectivity index (χ0n) is 11.1. The van der Waals surface area contributed by atoms with E-state index in [9.17, 15) is 4.79 Å². The van der Waals surface area contributed by atoms with Gasteiger partial charge in [-0.1, -0.05) is 51.5 Å². The van der Waals surface area contributed by atoms with Crippen LogP contribution in [0, 0.1) is 0 Å². The van der Waals surface area contributed by atoms with Crippen molar-refractivity contribution in [2.24, 2.45) is 5.10 Å². The van der Waals surface area contributed by atoms with E-state index in [2.05, 4.69) is 17.5 Å². The van der Waals surface area contributed by atoms with Crippen molar-refractivity contribution in [1.82, 2.24) is 5.43 Å². The third-order valence-electron chi connectivity index (χ3n) is 3.12. The van der Waals surface area contributed by atoms with E-state index in [-0.39, 0.29) is 5.91 Å². The SMILES string of the molecule is CCCCCCCCC/C=C1/C(=O)NN=C1C. The van der Waals surface area contributed by atoms with Gasteiger partial charge in [0.15, 0.2) is 0 Å². The van der Waals surface area contributed by atoms with Crippen molar-refractivity contribution in [3.63, 3.8) is 0 Å². The molecule has 0 bridgehead atoms. The fourth-order valence-electron chi connectivity index (χ4n) is 2.01. The highest BCUT2D eigenvalue weighted by Crippen LogP contribution is 2.11. The van der Waals surface area contributed by atoms with Gasteiger partial charge in [-0.25, -0.2) is 5.43 Å². The van der Waals surface area contributed by atoms with Crippen molar-refractivity contribution >= 4 is 11.6 Å². The van der Waals surface area contributed by atoms with Gasteiger partial charge >= 0.3 is 0 Å². The summed E-state index contributed by atoms with van der Waals surface area (Å²) in [6.07, 6.45) is 12.2. The second-order valence-corrected chi connectivity index (χ2v) is 4.67. The van der Waals surface area contributed by atoms with Gasteiger partial charge in [0.2, 0.25) is 0 Å². The second-order valence-electron chi connectivity index (χ2n) is 4.67. The van der Waals surface area contributed by atoms with E-state index in [1.165, 1.54) is 44.9 Å². The normalized spacial score (nSPS) is 17.4. The van der Waals surface area contributed by atoms with Crippen LogP contribution in [0.1, 0.15) is 65.2 Å². The molecule has 0 saturated heterocycles. The van der Waals surface area contributed by atoms with Gasteiger partial charge in [-0.3, -0.25) is 4.79 Å². The number of nitrogens with one attached hydrogen (secondary N) is 1. The van der Waals surface area contributed by atoms with Gasteiger partial charge in [-0.05, 0) is 19.8 Å². The Morgan fingerprint density at radius 1 is 1.12 bits per heavy atom. The predicted octanol–water partition coefficient (Wildman–Crippen LogP) is 3.56. The number of carbonyl (C=O) groups is 1. The van der Waals surface area contributed by atoms with Crippen LogP contribution in [0.15, 0.2) is 16.8 Å². The third kappa shape index (κ3) is 5.16. The molecule has 1 N–H and O–H groups in total. The monoisotopic (exact) mass is 236 g/mol. The summed E-state index contributed by atoms with van der Waals surface area (Å²) in [6.45, 7) is 4.11. The van der Waals surface area contributed by atoms with E-state index in [4.69, 9.17) is 0 Å². The quantitative estimate of drug-likeness (QED) is 0.508. The number of rotatable bonds is 8. The molecule has 0 saturated carbocycles. The molecular weight excluding hydrogens is 212 g/mol. The van der Waals surface area contributed by atoms with Crippen LogP contribution in [0.3, 0.4) is 0 Å². The Morgan fingerprint density at radius 2 is 1.76 bits per heavy atom. The van der Waals surface area contributed by atoms with Crippen LogP contribution in [0.5, 0.6) is 0 Å². The van der Waals surface area contributed by atoms with E-state index >= 15 is 0 Å². The summed E-state index contributed by atoms with van der Waals surface area (Å²) < 4.78 is 0. The molecule has 1 amide bonds. The highest BCUT2D eigenvalue weighted by Gasteiger charge is 2.17. The Morgan fingerprint density at radius 3 is 2.35 bits per heavy atom. The first-order valence-corrected chi connectivity index (χ1v) is 6.81. The summed E-state index contributed by atoms with van der Waals surface area (Å²) in [5.41, 5.74) is 4.05. The molecule has 1 heterocycles. The standard InChI is InChI=1S/C14H24N2O/c1-3-4-5-6-7-8-9-10-11-13-12(2)15-16-14(13)17/h11H,3-10H2,1-2H3,(H,16,17)/b13-11+. The van der Waals surface area contributed by atoms with Crippen LogP contribution in [-0.4, -0.2) is 11.6 Å². The molecule has 1 aliphatic rings. The fourth-order valence-corrected chi connectivity index (χ4v) is 2.01. The van der Waals surface area contributed by atoms with Crippen molar-refractivity contribution in [3.05, 3.63) is 11.6 Å². The smallest absolute Gasteiger partial charge is 0.267 e. The number of unbranched alkanes of at least 4 members (excludes halogenated alkanes) is 7. The average molecular weight is 236 g/mol. The minimum Gasteiger partial charge on any atom is -0.267 e. The Balaban J connectivity index is 2.06. The molecule has 0 aromatic rings. The zero-order chi connectivity index (χ0) is 12.5. The van der Waals surface area contributed by atoms with E-state index < -0.39 is 0 Å². The molecule has 3 nitrogen and oxygen atoms in total. The first-order valence-electron chi connectivity index (χ1n) is 6.81. The molecule has 0 spiro atoms. The molecule has 0 radical (unpaired) electrons. The molecule has 1 rings (SSSR count). The lowest BCUT2D eigenvalue weighted by Crippen LogP contribution is -2.12. The Bertz CT molecular complexity index is 305. The molecular formula is C14H24N2O. The number of allylic oxidation sites excluding steroid dienone is 1. The maximum absolute atomic E-state index is 11.3. The molecule has 0 aromatic carbocycles. The number of amides is 1. The molecule has 1 aliphatic heterocycles. The molecule has 3 heteroatoms. The molecule has 0 atom stereocenters. The second kappa shape index (κ2) is 8.04. The minimum atomic E-state index is -0.0505. The molecule has 0 unspecified atom stereocenters. The van der Waals surface area contributed by atoms with Crippen molar-refractivity contribution < 1.29 is 4.79 Å². The minimum absolute atomic E-state index is 0.0505. The van der Waals surface area contributed by atoms with Gasteiger partial charge < -0.3 is 0 Å². The van der Waals surface area contributed by atoms with Crippen molar-refractivity contribution in [1.29, 1.82) is 0 Å². The highest BCUT2D eigenvalue weighted by atomic mass is 16.2. The summed E-state index contributed by atoms with van der Waals surface area (Å²) >= 11 is 0. The van der Waals surface area contributed by atoms with Gasteiger partial charge in [-0.2, -0.15) is 5.10 Å². The lowest BCUT2D eigenvalue weighted by Gasteiger charge is -1.99. The topological polar surface area (TPSA) is 41.5 Å². The van der Waals surface area contributed by atoms with E-state index in [0.29, 0.717) is 0 Å². The maximum Gasteiger partial charge on any atom is 0.272 e. The van der Waals surface area contributed by atoms with Gasteiger partial charge in [0.05, 0.1) is 11.3 Å². The van der Waals surface area contributed by atoms with E-state index in [0.717, 1.165) is 17.7 Å². The first-order chi connectivity index (χ1) is 8.25. The lowest BCUT2D eigenvalue weighted by atomic mass is 10.1. The summed E-state index contributed by atoms with van der Waals surface area (Å²) in [4.78, 5) is 11.3. The van der Waals surface area contributed by atoms with Gasteiger partial charge in [-0.15, -0.1) is 0 Å².